The van der Waals surface area contributed by atoms with Crippen LogP contribution in [0.2, 0.25) is 0 Å². The molecule has 0 fully saturated rings. The third-order valence-corrected chi connectivity index (χ3v) is 3.24. The summed E-state index contributed by atoms with van der Waals surface area (Å²) in [6.07, 6.45) is 4.36. The number of nitrogens with zero attached hydrogens (tertiary/aromatic N) is 2. The van der Waals surface area contributed by atoms with Gasteiger partial charge in [-0.05, 0) is 29.8 Å². The van der Waals surface area contributed by atoms with Gasteiger partial charge in [-0.3, -0.25) is 9.78 Å². The lowest BCUT2D eigenvalue weighted by atomic mass is 9.93. The molecule has 0 amide bonds. The number of carbonyl (C=O) groups is 1. The van der Waals surface area contributed by atoms with E-state index in [1.54, 1.807) is 30.6 Å². The number of carbonyl (C=O) groups excluding carboxylic acids is 1. The number of rotatable bonds is 2. The van der Waals surface area contributed by atoms with Crippen LogP contribution in [0.1, 0.15) is 22.2 Å². The quantitative estimate of drug-likeness (QED) is 0.846. The lowest BCUT2D eigenvalue weighted by Gasteiger charge is -2.16. The first-order valence-electron chi connectivity index (χ1n) is 5.55. The Labute approximate surface area is 98.5 Å². The number of aliphatic hydroxyl groups is 1. The molecular weight excluding hydrogens is 216 g/mol. The monoisotopic (exact) mass is 228 g/mol. The highest BCUT2D eigenvalue weighted by atomic mass is 16.3. The van der Waals surface area contributed by atoms with Crippen molar-refractivity contribution < 1.29 is 9.90 Å². The fraction of sp³-hybridized carbons (Fsp3) is 0.231. The number of pyridine rings is 1. The van der Waals surface area contributed by atoms with Gasteiger partial charge in [-0.1, -0.05) is 0 Å². The van der Waals surface area contributed by atoms with E-state index in [1.807, 2.05) is 16.8 Å². The van der Waals surface area contributed by atoms with Gasteiger partial charge in [0.1, 0.15) is 0 Å². The minimum atomic E-state index is -0.759. The molecule has 86 valence electrons. The van der Waals surface area contributed by atoms with Crippen LogP contribution in [-0.4, -0.2) is 20.4 Å². The molecule has 0 saturated heterocycles. The predicted octanol–water partition coefficient (Wildman–Crippen LogP) is 1.43. The Morgan fingerprint density at radius 2 is 2.12 bits per heavy atom. The minimum Gasteiger partial charge on any atom is -0.388 e. The molecule has 1 aliphatic heterocycles. The van der Waals surface area contributed by atoms with Crippen LogP contribution in [0.25, 0.3) is 0 Å². The number of ketones is 1. The molecule has 0 aromatic carbocycles. The summed E-state index contributed by atoms with van der Waals surface area (Å²) in [6, 6.07) is 7.13. The summed E-state index contributed by atoms with van der Waals surface area (Å²) in [7, 11) is 0. The van der Waals surface area contributed by atoms with E-state index < -0.39 is 6.10 Å². The van der Waals surface area contributed by atoms with Crippen molar-refractivity contribution >= 4 is 5.78 Å². The van der Waals surface area contributed by atoms with E-state index in [9.17, 15) is 9.90 Å². The Kier molecular flexibility index (Phi) is 2.30. The molecule has 2 aromatic rings. The van der Waals surface area contributed by atoms with Gasteiger partial charge in [0.25, 0.3) is 0 Å². The van der Waals surface area contributed by atoms with Crippen LogP contribution in [-0.2, 0) is 6.54 Å². The molecule has 2 unspecified atom stereocenters. The summed E-state index contributed by atoms with van der Waals surface area (Å²) >= 11 is 0. The van der Waals surface area contributed by atoms with E-state index >= 15 is 0 Å². The Balaban J connectivity index is 1.88. The van der Waals surface area contributed by atoms with Crippen molar-refractivity contribution in [3.8, 4) is 0 Å². The number of Topliss-reactive ketones (excluding diaryl/α,β-unsaturated/α-hetero) is 1. The zero-order chi connectivity index (χ0) is 11.8. The van der Waals surface area contributed by atoms with E-state index in [0.29, 0.717) is 12.2 Å². The van der Waals surface area contributed by atoms with Crippen molar-refractivity contribution in [3.05, 3.63) is 54.1 Å². The van der Waals surface area contributed by atoms with Crippen molar-refractivity contribution in [2.24, 2.45) is 5.92 Å². The second-order valence-corrected chi connectivity index (χ2v) is 4.24. The van der Waals surface area contributed by atoms with Gasteiger partial charge >= 0.3 is 0 Å². The van der Waals surface area contributed by atoms with Crippen LogP contribution in [0.15, 0.2) is 42.9 Å². The molecule has 0 saturated carbocycles. The van der Waals surface area contributed by atoms with Crippen molar-refractivity contribution in [2.45, 2.75) is 12.6 Å². The van der Waals surface area contributed by atoms with E-state index in [4.69, 9.17) is 0 Å². The first-order chi connectivity index (χ1) is 8.27. The summed E-state index contributed by atoms with van der Waals surface area (Å²) in [6.45, 7) is 0.546. The predicted molar refractivity (Wildman–Crippen MR) is 61.4 cm³/mol. The van der Waals surface area contributed by atoms with Gasteiger partial charge in [-0.2, -0.15) is 0 Å². The molecule has 4 heteroatoms. The van der Waals surface area contributed by atoms with Crippen LogP contribution in [0, 0.1) is 5.92 Å². The van der Waals surface area contributed by atoms with E-state index in [1.165, 1.54) is 0 Å². The van der Waals surface area contributed by atoms with Gasteiger partial charge in [-0.15, -0.1) is 0 Å². The standard InChI is InChI=1S/C13H12N2O2/c16-12(9-3-5-14-6-4-9)10-8-15-7-1-2-11(15)13(10)17/h1-7,10,12,16H,8H2. The van der Waals surface area contributed by atoms with Gasteiger partial charge in [-0.25, -0.2) is 0 Å². The highest BCUT2D eigenvalue weighted by molar-refractivity contribution is 5.98. The molecule has 0 radical (unpaired) electrons. The van der Waals surface area contributed by atoms with Crippen molar-refractivity contribution in [1.29, 1.82) is 0 Å². The lowest BCUT2D eigenvalue weighted by Crippen LogP contribution is -2.19. The Morgan fingerprint density at radius 1 is 1.35 bits per heavy atom. The number of fused-ring (bicyclic) bond motifs is 1. The molecule has 17 heavy (non-hydrogen) atoms. The molecule has 4 nitrogen and oxygen atoms in total. The second-order valence-electron chi connectivity index (χ2n) is 4.24. The molecule has 3 rings (SSSR count). The van der Waals surface area contributed by atoms with Crippen LogP contribution in [0.4, 0.5) is 0 Å². The molecule has 1 aliphatic rings. The van der Waals surface area contributed by atoms with Gasteiger partial charge in [0.15, 0.2) is 5.78 Å². The fourth-order valence-corrected chi connectivity index (χ4v) is 2.32. The molecule has 0 spiro atoms. The number of aliphatic hydroxyl groups excluding tert-OH is 1. The Morgan fingerprint density at radius 3 is 2.82 bits per heavy atom. The fourth-order valence-electron chi connectivity index (χ4n) is 2.32. The maximum absolute atomic E-state index is 12.1. The highest BCUT2D eigenvalue weighted by Gasteiger charge is 2.35. The smallest absolute Gasteiger partial charge is 0.187 e. The van der Waals surface area contributed by atoms with Gasteiger partial charge in [0, 0.05) is 25.1 Å². The summed E-state index contributed by atoms with van der Waals surface area (Å²) in [5, 5.41) is 10.2. The third kappa shape index (κ3) is 1.57. The topological polar surface area (TPSA) is 55.1 Å². The third-order valence-electron chi connectivity index (χ3n) is 3.24. The van der Waals surface area contributed by atoms with Crippen LogP contribution in [0.5, 0.6) is 0 Å². The lowest BCUT2D eigenvalue weighted by molar-refractivity contribution is 0.0697. The SMILES string of the molecule is O=C1c2cccn2CC1C(O)c1ccncc1. The van der Waals surface area contributed by atoms with Crippen LogP contribution < -0.4 is 0 Å². The summed E-state index contributed by atoms with van der Waals surface area (Å²) in [4.78, 5) is 16.0. The van der Waals surface area contributed by atoms with E-state index in [2.05, 4.69) is 4.98 Å². The van der Waals surface area contributed by atoms with Crippen LogP contribution in [0.3, 0.4) is 0 Å². The highest BCUT2D eigenvalue weighted by Crippen LogP contribution is 2.31. The summed E-state index contributed by atoms with van der Waals surface area (Å²) in [5.74, 6) is -0.368. The van der Waals surface area contributed by atoms with Gasteiger partial charge in [0.05, 0.1) is 17.7 Å². The zero-order valence-electron chi connectivity index (χ0n) is 9.15. The maximum Gasteiger partial charge on any atom is 0.187 e. The normalized spacial score (nSPS) is 20.3. The summed E-state index contributed by atoms with van der Waals surface area (Å²) in [5.41, 5.74) is 1.42. The van der Waals surface area contributed by atoms with Crippen LogP contribution >= 0.6 is 0 Å². The molecule has 1 N–H and O–H groups in total. The second kappa shape index (κ2) is 3.82. The van der Waals surface area contributed by atoms with E-state index in [-0.39, 0.29) is 11.7 Å². The average Bonchev–Trinajstić information content (AvgIpc) is 2.93. The molecule has 0 aliphatic carbocycles. The molecule has 3 heterocycles. The minimum absolute atomic E-state index is 0.0133. The Bertz CT molecular complexity index is 548. The van der Waals surface area contributed by atoms with Crippen molar-refractivity contribution in [2.75, 3.05) is 0 Å². The molecular formula is C13H12N2O2. The first kappa shape index (κ1) is 10.2. The summed E-state index contributed by atoms with van der Waals surface area (Å²) < 4.78 is 1.89. The van der Waals surface area contributed by atoms with Crippen molar-refractivity contribution in [1.82, 2.24) is 9.55 Å². The number of hydrogen-bond acceptors (Lipinski definition) is 3. The number of hydrogen-bond donors (Lipinski definition) is 1. The first-order valence-corrected chi connectivity index (χ1v) is 5.55. The molecule has 2 aromatic heterocycles. The largest absolute Gasteiger partial charge is 0.388 e. The number of aromatic nitrogens is 2. The van der Waals surface area contributed by atoms with Gasteiger partial charge < -0.3 is 9.67 Å². The van der Waals surface area contributed by atoms with Crippen molar-refractivity contribution in [3.63, 3.8) is 0 Å². The van der Waals surface area contributed by atoms with Gasteiger partial charge in [0.2, 0.25) is 0 Å². The zero-order valence-corrected chi connectivity index (χ0v) is 9.15. The maximum atomic E-state index is 12.1. The average molecular weight is 228 g/mol. The Hall–Kier alpha value is -1.94. The van der Waals surface area contributed by atoms with E-state index in [0.717, 1.165) is 5.56 Å². The molecule has 0 bridgehead atoms. The molecule has 2 atom stereocenters.